The standard InChI is InChI=1S/C17H23N3O.ClH/c1-20(11-12-5-4-6-12)17(21)15(18)9-13-10-19-16-8-3-2-7-14(13)16;/h2-3,7-8,10,12,15,19H,4-6,9,11,18H2,1H3;1H/t15-;/m0./s1. The Hall–Kier alpha value is -1.52. The van der Waals surface area contributed by atoms with Gasteiger partial charge >= 0.3 is 0 Å². The van der Waals surface area contributed by atoms with E-state index in [9.17, 15) is 4.79 Å². The lowest BCUT2D eigenvalue weighted by Crippen LogP contribution is -2.45. The van der Waals surface area contributed by atoms with Crippen LogP contribution < -0.4 is 5.73 Å². The van der Waals surface area contributed by atoms with E-state index in [0.717, 1.165) is 23.0 Å². The number of benzene rings is 1. The number of fused-ring (bicyclic) bond motifs is 1. The number of nitrogens with one attached hydrogen (secondary N) is 1. The number of aromatic amines is 1. The van der Waals surface area contributed by atoms with Crippen LogP contribution in [0.4, 0.5) is 0 Å². The van der Waals surface area contributed by atoms with Gasteiger partial charge in [-0.2, -0.15) is 0 Å². The molecule has 3 N–H and O–H groups in total. The van der Waals surface area contributed by atoms with Crippen molar-refractivity contribution in [2.24, 2.45) is 11.7 Å². The molecule has 1 saturated carbocycles. The van der Waals surface area contributed by atoms with E-state index in [2.05, 4.69) is 11.1 Å². The largest absolute Gasteiger partial charge is 0.361 e. The molecular formula is C17H24ClN3O. The second kappa shape index (κ2) is 7.16. The van der Waals surface area contributed by atoms with Crippen LogP contribution in [0, 0.1) is 5.92 Å². The van der Waals surface area contributed by atoms with E-state index in [4.69, 9.17) is 5.73 Å². The van der Waals surface area contributed by atoms with E-state index in [0.29, 0.717) is 12.3 Å². The van der Waals surface area contributed by atoms with Gasteiger partial charge in [-0.05, 0) is 36.8 Å². The topological polar surface area (TPSA) is 62.1 Å². The number of nitrogens with two attached hydrogens (primary N) is 1. The Morgan fingerprint density at radius 3 is 2.82 bits per heavy atom. The van der Waals surface area contributed by atoms with Gasteiger partial charge in [0, 0.05) is 30.7 Å². The van der Waals surface area contributed by atoms with Gasteiger partial charge < -0.3 is 15.6 Å². The first kappa shape index (κ1) is 16.8. The van der Waals surface area contributed by atoms with Crippen LogP contribution in [0.3, 0.4) is 0 Å². The molecule has 2 aromatic rings. The number of hydrogen-bond acceptors (Lipinski definition) is 2. The number of carbonyl (C=O) groups excluding carboxylic acids is 1. The fraction of sp³-hybridized carbons (Fsp3) is 0.471. The van der Waals surface area contributed by atoms with Gasteiger partial charge in [-0.15, -0.1) is 12.4 Å². The van der Waals surface area contributed by atoms with Crippen molar-refractivity contribution in [3.8, 4) is 0 Å². The molecule has 4 nitrogen and oxygen atoms in total. The average molecular weight is 322 g/mol. The van der Waals surface area contributed by atoms with Crippen LogP contribution in [0.5, 0.6) is 0 Å². The first-order chi connectivity index (χ1) is 10.1. The fourth-order valence-corrected chi connectivity index (χ4v) is 3.06. The Kier molecular flexibility index (Phi) is 5.48. The number of nitrogens with zero attached hydrogens (tertiary/aromatic N) is 1. The predicted molar refractivity (Wildman–Crippen MR) is 92.2 cm³/mol. The highest BCUT2D eigenvalue weighted by Gasteiger charge is 2.24. The molecule has 3 rings (SSSR count). The minimum absolute atomic E-state index is 0. The van der Waals surface area contributed by atoms with Crippen molar-refractivity contribution in [1.82, 2.24) is 9.88 Å². The third-order valence-electron chi connectivity index (χ3n) is 4.56. The summed E-state index contributed by atoms with van der Waals surface area (Å²) >= 11 is 0. The van der Waals surface area contributed by atoms with Crippen LogP contribution in [-0.4, -0.2) is 35.4 Å². The van der Waals surface area contributed by atoms with E-state index < -0.39 is 6.04 Å². The van der Waals surface area contributed by atoms with Gasteiger partial charge in [0.05, 0.1) is 6.04 Å². The maximum atomic E-state index is 12.4. The summed E-state index contributed by atoms with van der Waals surface area (Å²) in [6, 6.07) is 7.65. The van der Waals surface area contributed by atoms with Crippen molar-refractivity contribution in [3.63, 3.8) is 0 Å². The van der Waals surface area contributed by atoms with Crippen LogP contribution in [0.1, 0.15) is 24.8 Å². The van der Waals surface area contributed by atoms with Crippen LogP contribution in [0.15, 0.2) is 30.5 Å². The lowest BCUT2D eigenvalue weighted by molar-refractivity contribution is -0.132. The molecule has 1 aliphatic carbocycles. The van der Waals surface area contributed by atoms with Crippen molar-refractivity contribution in [1.29, 1.82) is 0 Å². The van der Waals surface area contributed by atoms with Gasteiger partial charge in [0.1, 0.15) is 0 Å². The molecule has 22 heavy (non-hydrogen) atoms. The third kappa shape index (κ3) is 3.45. The molecule has 1 atom stereocenters. The summed E-state index contributed by atoms with van der Waals surface area (Å²) in [7, 11) is 1.87. The molecule has 1 amide bonds. The molecule has 0 bridgehead atoms. The summed E-state index contributed by atoms with van der Waals surface area (Å²) in [5.41, 5.74) is 8.34. The molecular weight excluding hydrogens is 298 g/mol. The first-order valence-electron chi connectivity index (χ1n) is 7.70. The molecule has 0 saturated heterocycles. The number of likely N-dealkylation sites (N-methyl/N-ethyl adjacent to an activating group) is 1. The summed E-state index contributed by atoms with van der Waals surface area (Å²) in [5.74, 6) is 0.728. The van der Waals surface area contributed by atoms with Gasteiger partial charge in [-0.3, -0.25) is 4.79 Å². The molecule has 0 aliphatic heterocycles. The summed E-state index contributed by atoms with van der Waals surface area (Å²) in [6.07, 6.45) is 6.33. The fourth-order valence-electron chi connectivity index (χ4n) is 3.06. The number of rotatable bonds is 5. The lowest BCUT2D eigenvalue weighted by Gasteiger charge is -2.31. The maximum absolute atomic E-state index is 12.4. The van der Waals surface area contributed by atoms with Crippen LogP contribution in [0.25, 0.3) is 10.9 Å². The first-order valence-corrected chi connectivity index (χ1v) is 7.70. The van der Waals surface area contributed by atoms with Crippen LogP contribution >= 0.6 is 12.4 Å². The average Bonchev–Trinajstić information content (AvgIpc) is 2.85. The second-order valence-electron chi connectivity index (χ2n) is 6.19. The van der Waals surface area contributed by atoms with Gasteiger partial charge in [-0.1, -0.05) is 24.6 Å². The van der Waals surface area contributed by atoms with Crippen LogP contribution in [0.2, 0.25) is 0 Å². The highest BCUT2D eigenvalue weighted by Crippen LogP contribution is 2.27. The normalized spacial score (nSPS) is 15.9. The van der Waals surface area contributed by atoms with Gasteiger partial charge in [0.2, 0.25) is 5.91 Å². The number of amides is 1. The van der Waals surface area contributed by atoms with Crippen LogP contribution in [-0.2, 0) is 11.2 Å². The number of carbonyl (C=O) groups is 1. The van der Waals surface area contributed by atoms with Crippen molar-refractivity contribution < 1.29 is 4.79 Å². The zero-order chi connectivity index (χ0) is 14.8. The third-order valence-corrected chi connectivity index (χ3v) is 4.56. The Labute approximate surface area is 137 Å². The number of H-pyrrole nitrogens is 1. The number of hydrogen-bond donors (Lipinski definition) is 2. The minimum atomic E-state index is -0.464. The monoisotopic (exact) mass is 321 g/mol. The smallest absolute Gasteiger partial charge is 0.239 e. The molecule has 1 aromatic heterocycles. The summed E-state index contributed by atoms with van der Waals surface area (Å²) in [4.78, 5) is 17.4. The van der Waals surface area contributed by atoms with Crippen molar-refractivity contribution in [2.45, 2.75) is 31.7 Å². The minimum Gasteiger partial charge on any atom is -0.361 e. The quantitative estimate of drug-likeness (QED) is 0.889. The number of aromatic nitrogens is 1. The van der Waals surface area contributed by atoms with E-state index in [-0.39, 0.29) is 18.3 Å². The summed E-state index contributed by atoms with van der Waals surface area (Å²) < 4.78 is 0. The maximum Gasteiger partial charge on any atom is 0.239 e. The highest BCUT2D eigenvalue weighted by atomic mass is 35.5. The Bertz CT molecular complexity index is 636. The highest BCUT2D eigenvalue weighted by molar-refractivity contribution is 5.86. The van der Waals surface area contributed by atoms with E-state index in [1.54, 1.807) is 0 Å². The van der Waals surface area contributed by atoms with E-state index >= 15 is 0 Å². The second-order valence-corrected chi connectivity index (χ2v) is 6.19. The molecule has 0 radical (unpaired) electrons. The van der Waals surface area contributed by atoms with Crippen molar-refractivity contribution in [2.75, 3.05) is 13.6 Å². The number of para-hydroxylation sites is 1. The Balaban J connectivity index is 0.00000176. The molecule has 5 heteroatoms. The Morgan fingerprint density at radius 2 is 2.14 bits per heavy atom. The zero-order valence-electron chi connectivity index (χ0n) is 12.9. The lowest BCUT2D eigenvalue weighted by atomic mass is 9.85. The van der Waals surface area contributed by atoms with E-state index in [1.807, 2.05) is 36.3 Å². The molecule has 1 heterocycles. The number of halogens is 1. The summed E-state index contributed by atoms with van der Waals surface area (Å²) in [6.45, 7) is 0.848. The predicted octanol–water partition coefficient (Wildman–Crippen LogP) is 2.72. The Morgan fingerprint density at radius 1 is 1.41 bits per heavy atom. The molecule has 120 valence electrons. The van der Waals surface area contributed by atoms with Crippen molar-refractivity contribution in [3.05, 3.63) is 36.0 Å². The van der Waals surface area contributed by atoms with E-state index in [1.165, 1.54) is 19.3 Å². The van der Waals surface area contributed by atoms with Gasteiger partial charge in [0.15, 0.2) is 0 Å². The van der Waals surface area contributed by atoms with Crippen molar-refractivity contribution >= 4 is 29.2 Å². The molecule has 1 aromatic carbocycles. The molecule has 1 fully saturated rings. The molecule has 1 aliphatic rings. The van der Waals surface area contributed by atoms with Gasteiger partial charge in [0.25, 0.3) is 0 Å². The zero-order valence-corrected chi connectivity index (χ0v) is 13.7. The van der Waals surface area contributed by atoms with Gasteiger partial charge in [-0.25, -0.2) is 0 Å². The molecule has 0 unspecified atom stereocenters. The molecule has 0 spiro atoms. The SMILES string of the molecule is CN(CC1CCC1)C(=O)[C@@H](N)Cc1c[nH]c2ccccc12.Cl. The summed E-state index contributed by atoms with van der Waals surface area (Å²) in [5, 5.41) is 1.15.